The van der Waals surface area contributed by atoms with E-state index in [1.54, 1.807) is 20.3 Å². The average Bonchev–Trinajstić information content (AvgIpc) is 3.79. The van der Waals surface area contributed by atoms with Crippen LogP contribution in [0.2, 0.25) is 0 Å². The van der Waals surface area contributed by atoms with Crippen LogP contribution in [0.5, 0.6) is 23.0 Å². The first kappa shape index (κ1) is 29.5. The molecular weight excluding hydrogens is 622 g/mol. The molecule has 0 bridgehead atoms. The number of fused-ring (bicyclic) bond motifs is 5. The number of pyridine rings is 2. The van der Waals surface area contributed by atoms with Crippen LogP contribution in [0.1, 0.15) is 16.7 Å². The van der Waals surface area contributed by atoms with E-state index < -0.39 is 0 Å². The molecule has 0 aliphatic heterocycles. The standard InChI is InChI=1S/C43H31N3O4/c1-49-30-20-32(29-17-26-7-3-4-8-27(26)18-29)42(47)33(21-30)37-15-13-24-11-12-25-14-16-38(46-41(25)40(24)45-37)34-22-31(50-2)23-35(43(34)48)39-19-28-9-5-6-10-36(28)44-39/h3-17,19-23,44,47-48H,18H2,1-2H3. The fourth-order valence-corrected chi connectivity index (χ4v) is 7.03. The van der Waals surface area contributed by atoms with Gasteiger partial charge in [0.05, 0.1) is 42.3 Å². The van der Waals surface area contributed by atoms with Crippen molar-refractivity contribution in [2.45, 2.75) is 6.42 Å². The van der Waals surface area contributed by atoms with Crippen LogP contribution in [0.3, 0.4) is 0 Å². The van der Waals surface area contributed by atoms with Crippen LogP contribution < -0.4 is 9.47 Å². The van der Waals surface area contributed by atoms with Gasteiger partial charge in [0.25, 0.3) is 0 Å². The smallest absolute Gasteiger partial charge is 0.134 e. The topological polar surface area (TPSA) is 100 Å². The van der Waals surface area contributed by atoms with Gasteiger partial charge in [0.15, 0.2) is 0 Å². The molecule has 0 fully saturated rings. The number of aromatic amines is 1. The fourth-order valence-electron chi connectivity index (χ4n) is 7.03. The molecule has 5 aromatic carbocycles. The zero-order valence-corrected chi connectivity index (χ0v) is 27.4. The number of H-pyrrole nitrogens is 1. The van der Waals surface area contributed by atoms with Gasteiger partial charge in [-0.1, -0.05) is 72.8 Å². The fraction of sp³-hybridized carbons (Fsp3) is 0.0698. The zero-order valence-electron chi connectivity index (χ0n) is 27.4. The van der Waals surface area contributed by atoms with Crippen molar-refractivity contribution < 1.29 is 19.7 Å². The Hall–Kier alpha value is -6.60. The summed E-state index contributed by atoms with van der Waals surface area (Å²) in [6, 6.07) is 37.4. The summed E-state index contributed by atoms with van der Waals surface area (Å²) in [6.07, 6.45) is 2.84. The Morgan fingerprint density at radius 2 is 1.14 bits per heavy atom. The number of allylic oxidation sites excluding steroid dienone is 1. The maximum absolute atomic E-state index is 11.7. The van der Waals surface area contributed by atoms with Gasteiger partial charge in [-0.2, -0.15) is 0 Å². The number of hydrogen-bond acceptors (Lipinski definition) is 6. The van der Waals surface area contributed by atoms with Gasteiger partial charge < -0.3 is 24.7 Å². The maximum atomic E-state index is 11.7. The normalized spacial score (nSPS) is 12.4. The van der Waals surface area contributed by atoms with Gasteiger partial charge in [0, 0.05) is 43.9 Å². The van der Waals surface area contributed by atoms with Crippen LogP contribution in [0, 0.1) is 0 Å². The van der Waals surface area contributed by atoms with Crippen LogP contribution in [0.4, 0.5) is 0 Å². The molecular formula is C43H31N3O4. The monoisotopic (exact) mass is 653 g/mol. The van der Waals surface area contributed by atoms with Crippen molar-refractivity contribution in [2.75, 3.05) is 14.2 Å². The summed E-state index contributed by atoms with van der Waals surface area (Å²) in [6.45, 7) is 0. The second-order valence-corrected chi connectivity index (χ2v) is 12.6. The Balaban J connectivity index is 1.18. The second kappa shape index (κ2) is 11.5. The lowest BCUT2D eigenvalue weighted by Crippen LogP contribution is -1.95. The van der Waals surface area contributed by atoms with Crippen molar-refractivity contribution in [3.05, 3.63) is 132 Å². The molecule has 3 heterocycles. The van der Waals surface area contributed by atoms with Gasteiger partial charge in [0.1, 0.15) is 23.0 Å². The third-order valence-corrected chi connectivity index (χ3v) is 9.64. The SMILES string of the molecule is COc1cc(C2=Cc3ccccc3C2)c(O)c(-c2ccc3ccc4ccc(-c5cc(OC)cc(-c6cc7ccccc7[nH]6)c5O)nc4c3n2)c1. The van der Waals surface area contributed by atoms with Crippen LogP contribution in [-0.2, 0) is 6.42 Å². The average molecular weight is 654 g/mol. The number of para-hydroxylation sites is 1. The number of ether oxygens (including phenoxy) is 2. The molecule has 7 nitrogen and oxygen atoms in total. The lowest BCUT2D eigenvalue weighted by Gasteiger charge is -2.15. The highest BCUT2D eigenvalue weighted by Gasteiger charge is 2.22. The maximum Gasteiger partial charge on any atom is 0.134 e. The first-order chi connectivity index (χ1) is 24.5. The molecule has 3 aromatic heterocycles. The van der Waals surface area contributed by atoms with E-state index in [9.17, 15) is 10.2 Å². The second-order valence-electron chi connectivity index (χ2n) is 12.6. The number of benzene rings is 5. The molecule has 242 valence electrons. The van der Waals surface area contributed by atoms with Gasteiger partial charge in [-0.15, -0.1) is 0 Å². The number of nitrogens with zero attached hydrogens (tertiary/aromatic N) is 2. The summed E-state index contributed by atoms with van der Waals surface area (Å²) < 4.78 is 11.4. The largest absolute Gasteiger partial charge is 0.507 e. The summed E-state index contributed by atoms with van der Waals surface area (Å²) in [7, 11) is 3.24. The zero-order chi connectivity index (χ0) is 33.9. The van der Waals surface area contributed by atoms with Crippen LogP contribution in [-0.4, -0.2) is 39.4 Å². The Labute approximate surface area is 287 Å². The summed E-state index contributed by atoms with van der Waals surface area (Å²) in [5.74, 6) is 1.47. The summed E-state index contributed by atoms with van der Waals surface area (Å²) in [5, 5.41) is 26.3. The molecule has 0 spiro atoms. The number of nitrogens with one attached hydrogen (secondary N) is 1. The van der Waals surface area contributed by atoms with Crippen molar-refractivity contribution in [1.29, 1.82) is 0 Å². The number of methoxy groups -OCH3 is 2. The molecule has 0 saturated carbocycles. The summed E-state index contributed by atoms with van der Waals surface area (Å²) >= 11 is 0. The number of phenols is 2. The van der Waals surface area contributed by atoms with Crippen molar-refractivity contribution in [1.82, 2.24) is 15.0 Å². The van der Waals surface area contributed by atoms with Crippen molar-refractivity contribution in [3.63, 3.8) is 0 Å². The molecule has 7 heteroatoms. The summed E-state index contributed by atoms with van der Waals surface area (Å²) in [4.78, 5) is 13.6. The molecule has 3 N–H and O–H groups in total. The van der Waals surface area contributed by atoms with Gasteiger partial charge in [0.2, 0.25) is 0 Å². The summed E-state index contributed by atoms with van der Waals surface area (Å²) in [5.41, 5.74) is 10.1. The molecule has 0 radical (unpaired) electrons. The van der Waals surface area contributed by atoms with Gasteiger partial charge in [-0.3, -0.25) is 0 Å². The van der Waals surface area contributed by atoms with Gasteiger partial charge in [-0.05, 0) is 71.7 Å². The molecule has 0 saturated heterocycles. The Bertz CT molecular complexity index is 2660. The minimum Gasteiger partial charge on any atom is -0.507 e. The van der Waals surface area contributed by atoms with E-state index in [2.05, 4.69) is 23.2 Å². The van der Waals surface area contributed by atoms with E-state index in [4.69, 9.17) is 19.4 Å². The highest BCUT2D eigenvalue weighted by molar-refractivity contribution is 6.05. The molecule has 8 aromatic rings. The predicted molar refractivity (Wildman–Crippen MR) is 200 cm³/mol. The minimum absolute atomic E-state index is 0.0929. The van der Waals surface area contributed by atoms with E-state index >= 15 is 0 Å². The molecule has 1 aliphatic rings. The number of rotatable bonds is 6. The number of hydrogen-bond donors (Lipinski definition) is 3. The molecule has 9 rings (SSSR count). The Kier molecular flexibility index (Phi) is 6.81. The molecule has 0 atom stereocenters. The van der Waals surface area contributed by atoms with Gasteiger partial charge >= 0.3 is 0 Å². The van der Waals surface area contributed by atoms with Crippen molar-refractivity contribution >= 4 is 44.4 Å². The Morgan fingerprint density at radius 1 is 0.580 bits per heavy atom. The highest BCUT2D eigenvalue weighted by Crippen LogP contribution is 2.44. The van der Waals surface area contributed by atoms with E-state index in [1.807, 2.05) is 97.1 Å². The Morgan fingerprint density at radius 3 is 1.78 bits per heavy atom. The first-order valence-corrected chi connectivity index (χ1v) is 16.4. The van der Waals surface area contributed by atoms with E-state index in [1.165, 1.54) is 5.56 Å². The molecule has 50 heavy (non-hydrogen) atoms. The van der Waals surface area contributed by atoms with Crippen molar-refractivity contribution in [2.24, 2.45) is 0 Å². The van der Waals surface area contributed by atoms with E-state index in [-0.39, 0.29) is 11.5 Å². The van der Waals surface area contributed by atoms with E-state index in [0.29, 0.717) is 50.6 Å². The molecule has 1 aliphatic carbocycles. The highest BCUT2D eigenvalue weighted by atomic mass is 16.5. The minimum atomic E-state index is 0.0929. The number of phenolic OH excluding ortho intramolecular Hbond substituents is 2. The van der Waals surface area contributed by atoms with Crippen LogP contribution in [0.25, 0.3) is 78.1 Å². The number of aromatic hydroxyl groups is 2. The first-order valence-electron chi connectivity index (χ1n) is 16.4. The van der Waals surface area contributed by atoms with Crippen LogP contribution in [0.15, 0.2) is 115 Å². The number of aromatic nitrogens is 3. The quantitative estimate of drug-likeness (QED) is 0.155. The third-order valence-electron chi connectivity index (χ3n) is 9.64. The predicted octanol–water partition coefficient (Wildman–Crippen LogP) is 9.79. The molecule has 0 unspecified atom stereocenters. The third kappa shape index (κ3) is 4.82. The van der Waals surface area contributed by atoms with Crippen molar-refractivity contribution in [3.8, 4) is 56.8 Å². The lowest BCUT2D eigenvalue weighted by molar-refractivity contribution is 0.412. The lowest BCUT2D eigenvalue weighted by atomic mass is 9.97. The molecule has 0 amide bonds. The van der Waals surface area contributed by atoms with E-state index in [0.717, 1.165) is 50.5 Å². The van der Waals surface area contributed by atoms with Gasteiger partial charge in [-0.25, -0.2) is 9.97 Å². The van der Waals surface area contributed by atoms with Crippen LogP contribution >= 0.6 is 0 Å².